The van der Waals surface area contributed by atoms with Crippen molar-refractivity contribution in [1.82, 2.24) is 5.32 Å². The Morgan fingerprint density at radius 2 is 1.95 bits per heavy atom. The number of carboxylic acids is 1. The van der Waals surface area contributed by atoms with E-state index in [1.807, 2.05) is 30.3 Å². The van der Waals surface area contributed by atoms with E-state index in [0.717, 1.165) is 5.56 Å². The number of rotatable bonds is 5. The molecule has 5 heteroatoms. The van der Waals surface area contributed by atoms with Gasteiger partial charge in [0, 0.05) is 0 Å². The molecule has 1 heterocycles. The SMILES string of the molecule is Cc1oc(CNC(=O)Cc2ccccc2)cc1C(=O)O. The standard InChI is InChI=1S/C15H15NO4/c1-10-13(15(18)19)8-12(20-10)9-16-14(17)7-11-5-3-2-4-6-11/h2-6,8H,7,9H2,1H3,(H,16,17)(H,18,19). The van der Waals surface area contributed by atoms with Gasteiger partial charge in [0.15, 0.2) is 0 Å². The first-order valence-corrected chi connectivity index (χ1v) is 6.19. The summed E-state index contributed by atoms with van der Waals surface area (Å²) in [4.78, 5) is 22.6. The van der Waals surface area contributed by atoms with Gasteiger partial charge in [0.2, 0.25) is 5.91 Å². The Hall–Kier alpha value is -2.56. The molecule has 0 radical (unpaired) electrons. The number of carboxylic acid groups (broad SMARTS) is 1. The zero-order valence-electron chi connectivity index (χ0n) is 11.1. The third kappa shape index (κ3) is 3.47. The minimum Gasteiger partial charge on any atom is -0.478 e. The number of aromatic carboxylic acids is 1. The third-order valence-corrected chi connectivity index (χ3v) is 2.87. The van der Waals surface area contributed by atoms with E-state index >= 15 is 0 Å². The van der Waals surface area contributed by atoms with Gasteiger partial charge < -0.3 is 14.8 Å². The number of carbonyl (C=O) groups excluding carboxylic acids is 1. The quantitative estimate of drug-likeness (QED) is 0.874. The van der Waals surface area contributed by atoms with Crippen molar-refractivity contribution in [2.24, 2.45) is 0 Å². The molecule has 1 aromatic carbocycles. The second-order valence-electron chi connectivity index (χ2n) is 4.43. The van der Waals surface area contributed by atoms with Crippen molar-refractivity contribution in [3.63, 3.8) is 0 Å². The van der Waals surface area contributed by atoms with Crippen LogP contribution in [0.3, 0.4) is 0 Å². The van der Waals surface area contributed by atoms with E-state index in [2.05, 4.69) is 5.32 Å². The lowest BCUT2D eigenvalue weighted by molar-refractivity contribution is -0.120. The number of carbonyl (C=O) groups is 2. The fourth-order valence-corrected chi connectivity index (χ4v) is 1.87. The van der Waals surface area contributed by atoms with Crippen molar-refractivity contribution in [2.45, 2.75) is 19.9 Å². The van der Waals surface area contributed by atoms with Crippen LogP contribution in [0.4, 0.5) is 0 Å². The predicted octanol–water partition coefficient (Wildman–Crippen LogP) is 2.15. The van der Waals surface area contributed by atoms with E-state index in [4.69, 9.17) is 9.52 Å². The molecule has 0 bridgehead atoms. The van der Waals surface area contributed by atoms with E-state index in [0.29, 0.717) is 11.5 Å². The lowest BCUT2D eigenvalue weighted by Crippen LogP contribution is -2.24. The molecular weight excluding hydrogens is 258 g/mol. The molecule has 0 aliphatic carbocycles. The van der Waals surface area contributed by atoms with Crippen molar-refractivity contribution in [3.05, 3.63) is 59.0 Å². The Bertz CT molecular complexity index is 616. The second-order valence-corrected chi connectivity index (χ2v) is 4.43. The summed E-state index contributed by atoms with van der Waals surface area (Å²) in [7, 11) is 0. The van der Waals surface area contributed by atoms with E-state index in [1.165, 1.54) is 6.07 Å². The molecule has 0 aliphatic heterocycles. The van der Waals surface area contributed by atoms with Crippen LogP contribution in [-0.4, -0.2) is 17.0 Å². The number of aryl methyl sites for hydroxylation is 1. The maximum Gasteiger partial charge on any atom is 0.339 e. The summed E-state index contributed by atoms with van der Waals surface area (Å²) < 4.78 is 5.28. The van der Waals surface area contributed by atoms with Crippen LogP contribution in [0.1, 0.15) is 27.4 Å². The lowest BCUT2D eigenvalue weighted by atomic mass is 10.1. The van der Waals surface area contributed by atoms with Crippen LogP contribution in [0.5, 0.6) is 0 Å². The number of hydrogen-bond donors (Lipinski definition) is 2. The highest BCUT2D eigenvalue weighted by molar-refractivity contribution is 5.88. The fourth-order valence-electron chi connectivity index (χ4n) is 1.87. The molecule has 2 rings (SSSR count). The lowest BCUT2D eigenvalue weighted by Gasteiger charge is -2.03. The molecule has 0 saturated carbocycles. The summed E-state index contributed by atoms with van der Waals surface area (Å²) in [5.74, 6) is -0.402. The molecule has 2 N–H and O–H groups in total. The topological polar surface area (TPSA) is 79.5 Å². The van der Waals surface area contributed by atoms with E-state index < -0.39 is 5.97 Å². The van der Waals surface area contributed by atoms with Crippen molar-refractivity contribution >= 4 is 11.9 Å². The van der Waals surface area contributed by atoms with Crippen LogP contribution in [0.15, 0.2) is 40.8 Å². The van der Waals surface area contributed by atoms with Gasteiger partial charge in [-0.05, 0) is 18.6 Å². The zero-order valence-corrected chi connectivity index (χ0v) is 11.1. The Balaban J connectivity index is 1.90. The normalized spacial score (nSPS) is 10.2. The molecule has 0 atom stereocenters. The van der Waals surface area contributed by atoms with Crippen LogP contribution < -0.4 is 5.32 Å². The average molecular weight is 273 g/mol. The van der Waals surface area contributed by atoms with Crippen molar-refractivity contribution in [3.8, 4) is 0 Å². The van der Waals surface area contributed by atoms with Gasteiger partial charge in [-0.3, -0.25) is 4.79 Å². The molecular formula is C15H15NO4. The molecule has 104 valence electrons. The largest absolute Gasteiger partial charge is 0.478 e. The first-order chi connectivity index (χ1) is 9.56. The van der Waals surface area contributed by atoms with Crippen LogP contribution in [0.2, 0.25) is 0 Å². The molecule has 0 unspecified atom stereocenters. The van der Waals surface area contributed by atoms with Crippen LogP contribution in [0.25, 0.3) is 0 Å². The minimum atomic E-state index is -1.03. The minimum absolute atomic E-state index is 0.123. The summed E-state index contributed by atoms with van der Waals surface area (Å²) in [5, 5.41) is 11.6. The second kappa shape index (κ2) is 6.06. The number of furan rings is 1. The van der Waals surface area contributed by atoms with Crippen LogP contribution in [-0.2, 0) is 17.8 Å². The summed E-state index contributed by atoms with van der Waals surface area (Å²) in [6.07, 6.45) is 0.284. The van der Waals surface area contributed by atoms with Gasteiger partial charge >= 0.3 is 5.97 Å². The molecule has 0 aliphatic rings. The van der Waals surface area contributed by atoms with Gasteiger partial charge in [-0.25, -0.2) is 4.79 Å². The van der Waals surface area contributed by atoms with Crippen molar-refractivity contribution in [1.29, 1.82) is 0 Å². The van der Waals surface area contributed by atoms with E-state index in [9.17, 15) is 9.59 Å². The van der Waals surface area contributed by atoms with E-state index in [1.54, 1.807) is 6.92 Å². The highest BCUT2D eigenvalue weighted by atomic mass is 16.4. The number of nitrogens with one attached hydrogen (secondary N) is 1. The molecule has 0 spiro atoms. The Kier molecular flexibility index (Phi) is 4.20. The Morgan fingerprint density at radius 1 is 1.25 bits per heavy atom. The van der Waals surface area contributed by atoms with E-state index in [-0.39, 0.29) is 24.4 Å². The highest BCUT2D eigenvalue weighted by Gasteiger charge is 2.14. The average Bonchev–Trinajstić information content (AvgIpc) is 2.79. The molecule has 1 amide bonds. The first-order valence-electron chi connectivity index (χ1n) is 6.19. The number of benzene rings is 1. The summed E-state index contributed by atoms with van der Waals surface area (Å²) in [5.41, 5.74) is 1.05. The maximum absolute atomic E-state index is 11.7. The molecule has 1 aromatic heterocycles. The maximum atomic E-state index is 11.7. The van der Waals surface area contributed by atoms with Gasteiger partial charge in [0.1, 0.15) is 17.1 Å². The van der Waals surface area contributed by atoms with Gasteiger partial charge in [0.05, 0.1) is 13.0 Å². The molecule has 0 fully saturated rings. The van der Waals surface area contributed by atoms with Crippen LogP contribution in [0, 0.1) is 6.92 Å². The number of hydrogen-bond acceptors (Lipinski definition) is 3. The molecule has 0 saturated heterocycles. The molecule has 2 aromatic rings. The van der Waals surface area contributed by atoms with Crippen molar-refractivity contribution < 1.29 is 19.1 Å². The Labute approximate surface area is 116 Å². The summed E-state index contributed by atoms with van der Waals surface area (Å²) in [6.45, 7) is 1.76. The molecule has 20 heavy (non-hydrogen) atoms. The molecule has 5 nitrogen and oxygen atoms in total. The summed E-state index contributed by atoms with van der Waals surface area (Å²) >= 11 is 0. The smallest absolute Gasteiger partial charge is 0.339 e. The number of amides is 1. The predicted molar refractivity (Wildman–Crippen MR) is 72.4 cm³/mol. The van der Waals surface area contributed by atoms with Gasteiger partial charge in [-0.2, -0.15) is 0 Å². The zero-order chi connectivity index (χ0) is 14.5. The van der Waals surface area contributed by atoms with Crippen LogP contribution >= 0.6 is 0 Å². The van der Waals surface area contributed by atoms with Crippen molar-refractivity contribution in [2.75, 3.05) is 0 Å². The third-order valence-electron chi connectivity index (χ3n) is 2.87. The van der Waals surface area contributed by atoms with Gasteiger partial charge in [0.25, 0.3) is 0 Å². The monoisotopic (exact) mass is 273 g/mol. The van der Waals surface area contributed by atoms with Gasteiger partial charge in [-0.1, -0.05) is 30.3 Å². The Morgan fingerprint density at radius 3 is 2.55 bits per heavy atom. The fraction of sp³-hybridized carbons (Fsp3) is 0.200. The van der Waals surface area contributed by atoms with Gasteiger partial charge in [-0.15, -0.1) is 0 Å². The highest BCUT2D eigenvalue weighted by Crippen LogP contribution is 2.14. The first kappa shape index (κ1) is 13.9. The summed E-state index contributed by atoms with van der Waals surface area (Å²) in [6, 6.07) is 10.8.